The lowest BCUT2D eigenvalue weighted by Crippen LogP contribution is -2.35. The fourth-order valence-corrected chi connectivity index (χ4v) is 2.50. The van der Waals surface area contributed by atoms with Crippen LogP contribution in [0.1, 0.15) is 31.4 Å². The van der Waals surface area contributed by atoms with Gasteiger partial charge in [0.25, 0.3) is 0 Å². The van der Waals surface area contributed by atoms with Crippen molar-refractivity contribution >= 4 is 17.2 Å². The lowest BCUT2D eigenvalue weighted by atomic mass is 10.0. The first-order valence-electron chi connectivity index (χ1n) is 6.76. The number of rotatable bonds is 8. The molecule has 0 aromatic heterocycles. The van der Waals surface area contributed by atoms with Gasteiger partial charge < -0.3 is 15.2 Å². The van der Waals surface area contributed by atoms with Gasteiger partial charge in [0, 0.05) is 5.56 Å². The summed E-state index contributed by atoms with van der Waals surface area (Å²) < 4.78 is 10.7. The van der Waals surface area contributed by atoms with Crippen molar-refractivity contribution in [1.82, 2.24) is 4.90 Å². The van der Waals surface area contributed by atoms with E-state index in [1.54, 1.807) is 14.2 Å². The molecule has 0 spiro atoms. The van der Waals surface area contributed by atoms with Gasteiger partial charge in [0.2, 0.25) is 0 Å². The second-order valence-corrected chi connectivity index (χ2v) is 5.22. The van der Waals surface area contributed by atoms with Crippen molar-refractivity contribution in [1.29, 1.82) is 0 Å². The average molecular weight is 296 g/mol. The summed E-state index contributed by atoms with van der Waals surface area (Å²) in [6.45, 7) is 3.09. The molecule has 112 valence electrons. The van der Waals surface area contributed by atoms with Crippen LogP contribution in [0.3, 0.4) is 0 Å². The number of methoxy groups -OCH3 is 2. The van der Waals surface area contributed by atoms with E-state index in [1.807, 2.05) is 25.2 Å². The zero-order chi connectivity index (χ0) is 15.1. The molecular formula is C15H24N2O2S. The van der Waals surface area contributed by atoms with Gasteiger partial charge in [0.05, 0.1) is 25.2 Å². The summed E-state index contributed by atoms with van der Waals surface area (Å²) >= 11 is 5.25. The molecule has 1 aromatic rings. The molecule has 0 bridgehead atoms. The Morgan fingerprint density at radius 3 is 2.55 bits per heavy atom. The Morgan fingerprint density at radius 2 is 2.05 bits per heavy atom. The second kappa shape index (κ2) is 8.07. The second-order valence-electron chi connectivity index (χ2n) is 4.75. The fourth-order valence-electron chi connectivity index (χ4n) is 2.20. The molecule has 0 heterocycles. The molecule has 1 atom stereocenters. The smallest absolute Gasteiger partial charge is 0.124 e. The molecule has 0 aliphatic rings. The molecule has 20 heavy (non-hydrogen) atoms. The minimum absolute atomic E-state index is 0.151. The molecule has 1 unspecified atom stereocenters. The average Bonchev–Trinajstić information content (AvgIpc) is 2.44. The van der Waals surface area contributed by atoms with E-state index in [4.69, 9.17) is 27.4 Å². The summed E-state index contributed by atoms with van der Waals surface area (Å²) in [7, 11) is 5.31. The zero-order valence-corrected chi connectivity index (χ0v) is 13.5. The van der Waals surface area contributed by atoms with Crippen molar-refractivity contribution in [3.8, 4) is 11.5 Å². The van der Waals surface area contributed by atoms with Crippen LogP contribution < -0.4 is 15.2 Å². The van der Waals surface area contributed by atoms with Gasteiger partial charge >= 0.3 is 0 Å². The number of nitrogens with zero attached hydrogens (tertiary/aromatic N) is 1. The molecule has 0 aliphatic carbocycles. The van der Waals surface area contributed by atoms with Gasteiger partial charge in [0.15, 0.2) is 0 Å². The lowest BCUT2D eigenvalue weighted by Gasteiger charge is -2.28. The molecule has 0 fully saturated rings. The predicted octanol–water partition coefficient (Wildman–Crippen LogP) is 2.76. The highest BCUT2D eigenvalue weighted by Crippen LogP contribution is 2.32. The van der Waals surface area contributed by atoms with Crippen LogP contribution in [0.2, 0.25) is 0 Å². The summed E-state index contributed by atoms with van der Waals surface area (Å²) in [5, 5.41) is 0. The summed E-state index contributed by atoms with van der Waals surface area (Å²) in [4.78, 5) is 2.60. The first-order chi connectivity index (χ1) is 9.54. The number of nitrogens with two attached hydrogens (primary N) is 1. The maximum atomic E-state index is 5.95. The van der Waals surface area contributed by atoms with Crippen LogP contribution in [0.25, 0.3) is 0 Å². The minimum atomic E-state index is -0.151. The van der Waals surface area contributed by atoms with E-state index in [1.165, 1.54) is 0 Å². The van der Waals surface area contributed by atoms with Crippen LogP contribution in [0.15, 0.2) is 18.2 Å². The quantitative estimate of drug-likeness (QED) is 0.748. The van der Waals surface area contributed by atoms with Crippen molar-refractivity contribution in [2.45, 2.75) is 25.8 Å². The molecule has 2 N–H and O–H groups in total. The minimum Gasteiger partial charge on any atom is -0.497 e. The first-order valence-corrected chi connectivity index (χ1v) is 7.17. The summed E-state index contributed by atoms with van der Waals surface area (Å²) in [6, 6.07) is 5.53. The Kier molecular flexibility index (Phi) is 6.75. The fraction of sp³-hybridized carbons (Fsp3) is 0.533. The summed E-state index contributed by atoms with van der Waals surface area (Å²) in [5.41, 5.74) is 6.89. The van der Waals surface area contributed by atoms with Crippen molar-refractivity contribution in [3.05, 3.63) is 23.8 Å². The molecular weight excluding hydrogens is 272 g/mol. The van der Waals surface area contributed by atoms with Crippen molar-refractivity contribution in [2.24, 2.45) is 5.73 Å². The van der Waals surface area contributed by atoms with Gasteiger partial charge in [-0.3, -0.25) is 4.90 Å². The van der Waals surface area contributed by atoms with Crippen molar-refractivity contribution < 1.29 is 9.47 Å². The van der Waals surface area contributed by atoms with E-state index < -0.39 is 0 Å². The van der Waals surface area contributed by atoms with Crippen molar-refractivity contribution in [2.75, 3.05) is 27.8 Å². The highest BCUT2D eigenvalue weighted by atomic mass is 32.1. The number of hydrogen-bond acceptors (Lipinski definition) is 4. The number of unbranched alkanes of at least 4 members (excludes halogenated alkanes) is 1. The third-order valence-electron chi connectivity index (χ3n) is 3.31. The monoisotopic (exact) mass is 296 g/mol. The van der Waals surface area contributed by atoms with Crippen molar-refractivity contribution in [3.63, 3.8) is 0 Å². The van der Waals surface area contributed by atoms with Gasteiger partial charge in [0.1, 0.15) is 11.5 Å². The topological polar surface area (TPSA) is 47.7 Å². The van der Waals surface area contributed by atoms with Gasteiger partial charge in [-0.15, -0.1) is 0 Å². The zero-order valence-electron chi connectivity index (χ0n) is 12.7. The third kappa shape index (κ3) is 4.08. The number of thiocarbonyl (C=S) groups is 1. The molecule has 1 rings (SSSR count). The van der Waals surface area contributed by atoms with Crippen LogP contribution in [0, 0.1) is 0 Å². The number of hydrogen-bond donors (Lipinski definition) is 1. The maximum Gasteiger partial charge on any atom is 0.124 e. The molecule has 0 amide bonds. The highest BCUT2D eigenvalue weighted by molar-refractivity contribution is 7.80. The molecule has 4 nitrogen and oxygen atoms in total. The molecule has 0 aliphatic heterocycles. The van der Waals surface area contributed by atoms with E-state index in [2.05, 4.69) is 11.8 Å². The third-order valence-corrected chi connectivity index (χ3v) is 3.53. The largest absolute Gasteiger partial charge is 0.497 e. The van der Waals surface area contributed by atoms with Crippen LogP contribution >= 0.6 is 12.2 Å². The first kappa shape index (κ1) is 16.7. The Balaban J connectivity index is 3.15. The Hall–Kier alpha value is -1.33. The maximum absolute atomic E-state index is 5.95. The van der Waals surface area contributed by atoms with Crippen LogP contribution in [0.5, 0.6) is 11.5 Å². The van der Waals surface area contributed by atoms with Gasteiger partial charge in [-0.25, -0.2) is 0 Å². The SMILES string of the molecule is CCCCN(C)C(C(N)=S)c1cc(OC)ccc1OC. The van der Waals surface area contributed by atoms with E-state index in [9.17, 15) is 0 Å². The van der Waals surface area contributed by atoms with Crippen LogP contribution in [0.4, 0.5) is 0 Å². The summed E-state index contributed by atoms with van der Waals surface area (Å²) in [5.74, 6) is 1.54. The van der Waals surface area contributed by atoms with Gasteiger partial charge in [-0.1, -0.05) is 25.6 Å². The highest BCUT2D eigenvalue weighted by Gasteiger charge is 2.23. The molecule has 0 radical (unpaired) electrons. The number of benzene rings is 1. The lowest BCUT2D eigenvalue weighted by molar-refractivity contribution is 0.288. The molecule has 5 heteroatoms. The van der Waals surface area contributed by atoms with Crippen LogP contribution in [-0.4, -0.2) is 37.7 Å². The van der Waals surface area contributed by atoms with Crippen LogP contribution in [-0.2, 0) is 0 Å². The number of ether oxygens (including phenoxy) is 2. The normalized spacial score (nSPS) is 12.2. The molecule has 1 aromatic carbocycles. The molecule has 0 saturated carbocycles. The van der Waals surface area contributed by atoms with Gasteiger partial charge in [-0.05, 0) is 38.2 Å². The molecule has 0 saturated heterocycles. The predicted molar refractivity (Wildman–Crippen MR) is 86.6 cm³/mol. The van der Waals surface area contributed by atoms with E-state index >= 15 is 0 Å². The van der Waals surface area contributed by atoms with E-state index in [-0.39, 0.29) is 6.04 Å². The van der Waals surface area contributed by atoms with E-state index in [0.717, 1.165) is 36.4 Å². The Labute approximate surface area is 126 Å². The standard InChI is InChI=1S/C15H24N2O2S/c1-5-6-9-17(2)14(15(16)20)12-10-11(18-3)7-8-13(12)19-4/h7-8,10,14H,5-6,9H2,1-4H3,(H2,16,20). The Bertz CT molecular complexity index is 451. The number of likely N-dealkylation sites (N-methyl/N-ethyl adjacent to an activating group) is 1. The van der Waals surface area contributed by atoms with E-state index in [0.29, 0.717) is 4.99 Å². The van der Waals surface area contributed by atoms with Gasteiger partial charge in [-0.2, -0.15) is 0 Å². The summed E-state index contributed by atoms with van der Waals surface area (Å²) in [6.07, 6.45) is 2.23. The Morgan fingerprint density at radius 1 is 1.35 bits per heavy atom.